The number of methoxy groups -OCH3 is 1. The zero-order chi connectivity index (χ0) is 26.3. The van der Waals surface area contributed by atoms with Crippen LogP contribution in [0, 0.1) is 0 Å². The number of ketones is 1. The van der Waals surface area contributed by atoms with Crippen molar-refractivity contribution < 1.29 is 19.0 Å². The molecular formula is C29H33N5O4. The third-order valence-corrected chi connectivity index (χ3v) is 6.69. The lowest BCUT2D eigenvalue weighted by Crippen LogP contribution is -2.36. The van der Waals surface area contributed by atoms with E-state index in [9.17, 15) is 4.79 Å². The Labute approximate surface area is 222 Å². The van der Waals surface area contributed by atoms with E-state index >= 15 is 0 Å². The van der Waals surface area contributed by atoms with Crippen LogP contribution in [0.2, 0.25) is 0 Å². The third kappa shape index (κ3) is 6.12. The van der Waals surface area contributed by atoms with Crippen LogP contribution in [0.4, 0.5) is 11.6 Å². The fraction of sp³-hybridized carbons (Fsp3) is 0.345. The van der Waals surface area contributed by atoms with Gasteiger partial charge >= 0.3 is 0 Å². The maximum absolute atomic E-state index is 12.7. The summed E-state index contributed by atoms with van der Waals surface area (Å²) in [6, 6.07) is 16.9. The van der Waals surface area contributed by atoms with Crippen molar-refractivity contribution >= 4 is 28.5 Å². The number of carbonyl (C=O) groups is 1. The van der Waals surface area contributed by atoms with Gasteiger partial charge in [-0.3, -0.25) is 14.7 Å². The van der Waals surface area contributed by atoms with E-state index in [-0.39, 0.29) is 5.78 Å². The van der Waals surface area contributed by atoms with Crippen LogP contribution in [0.3, 0.4) is 0 Å². The zero-order valence-electron chi connectivity index (χ0n) is 21.9. The number of anilines is 2. The summed E-state index contributed by atoms with van der Waals surface area (Å²) in [7, 11) is 3.60. The van der Waals surface area contributed by atoms with Crippen molar-refractivity contribution in [2.24, 2.45) is 7.05 Å². The number of rotatable bonds is 11. The number of morpholine rings is 1. The summed E-state index contributed by atoms with van der Waals surface area (Å²) in [5, 5.41) is 3.34. The summed E-state index contributed by atoms with van der Waals surface area (Å²) >= 11 is 0. The molecule has 0 unspecified atom stereocenters. The van der Waals surface area contributed by atoms with E-state index in [4.69, 9.17) is 19.2 Å². The van der Waals surface area contributed by atoms with Crippen LogP contribution < -0.4 is 14.8 Å². The average Bonchev–Trinajstić information content (AvgIpc) is 3.26. The van der Waals surface area contributed by atoms with Crippen molar-refractivity contribution in [1.82, 2.24) is 19.4 Å². The molecule has 5 rings (SSSR count). The lowest BCUT2D eigenvalue weighted by atomic mass is 10.1. The number of hydrogen-bond acceptors (Lipinski definition) is 8. The van der Waals surface area contributed by atoms with Crippen molar-refractivity contribution in [3.8, 4) is 17.2 Å². The first-order valence-electron chi connectivity index (χ1n) is 12.9. The zero-order valence-corrected chi connectivity index (χ0v) is 21.9. The first-order chi connectivity index (χ1) is 18.6. The molecule has 0 radical (unpaired) electrons. The molecular weight excluding hydrogens is 482 g/mol. The Morgan fingerprint density at radius 2 is 1.87 bits per heavy atom. The normalized spacial score (nSPS) is 13.9. The van der Waals surface area contributed by atoms with E-state index in [0.717, 1.165) is 68.2 Å². The van der Waals surface area contributed by atoms with Crippen molar-refractivity contribution in [3.05, 3.63) is 66.5 Å². The van der Waals surface area contributed by atoms with Crippen LogP contribution in [-0.4, -0.2) is 65.2 Å². The number of para-hydroxylation sites is 2. The number of unbranched alkanes of at least 4 members (excludes halogenated alkanes) is 1. The summed E-state index contributed by atoms with van der Waals surface area (Å²) in [5.74, 6) is 2.66. The number of pyridine rings is 1. The number of nitrogens with zero attached hydrogens (tertiary/aromatic N) is 4. The summed E-state index contributed by atoms with van der Waals surface area (Å²) in [6.07, 6.45) is 3.91. The van der Waals surface area contributed by atoms with Gasteiger partial charge in [0.1, 0.15) is 22.9 Å². The van der Waals surface area contributed by atoms with Gasteiger partial charge < -0.3 is 24.1 Å². The third-order valence-electron chi connectivity index (χ3n) is 6.69. The summed E-state index contributed by atoms with van der Waals surface area (Å²) in [5.41, 5.74) is 3.00. The quantitative estimate of drug-likeness (QED) is 0.215. The number of aryl methyl sites for hydroxylation is 1. The van der Waals surface area contributed by atoms with Crippen molar-refractivity contribution in [1.29, 1.82) is 0 Å². The minimum Gasteiger partial charge on any atom is -0.495 e. The molecule has 2 aromatic carbocycles. The molecule has 0 spiro atoms. The van der Waals surface area contributed by atoms with Crippen LogP contribution in [-0.2, 0) is 11.8 Å². The average molecular weight is 516 g/mol. The Hall–Kier alpha value is -3.95. The number of aromatic nitrogens is 3. The summed E-state index contributed by atoms with van der Waals surface area (Å²) in [4.78, 5) is 24.1. The topological polar surface area (TPSA) is 90.7 Å². The largest absolute Gasteiger partial charge is 0.495 e. The molecule has 0 saturated carbocycles. The number of carbonyl (C=O) groups excluding carboxylic acids is 1. The molecule has 0 atom stereocenters. The van der Waals surface area contributed by atoms with Crippen LogP contribution in [0.1, 0.15) is 29.8 Å². The molecule has 1 saturated heterocycles. The monoisotopic (exact) mass is 515 g/mol. The van der Waals surface area contributed by atoms with E-state index in [0.29, 0.717) is 29.6 Å². The highest BCUT2D eigenvalue weighted by molar-refractivity contribution is 5.94. The van der Waals surface area contributed by atoms with E-state index in [1.165, 1.54) is 0 Å². The van der Waals surface area contributed by atoms with Crippen molar-refractivity contribution in [3.63, 3.8) is 0 Å². The van der Waals surface area contributed by atoms with Gasteiger partial charge in [0, 0.05) is 44.9 Å². The molecule has 4 aromatic rings. The Kier molecular flexibility index (Phi) is 8.15. The molecule has 2 aromatic heterocycles. The molecule has 38 heavy (non-hydrogen) atoms. The number of Topliss-reactive ketones (excluding diaryl/α,β-unsaturated/α-hetero) is 1. The van der Waals surface area contributed by atoms with Gasteiger partial charge in [0.25, 0.3) is 0 Å². The molecule has 1 aliphatic rings. The molecule has 3 heterocycles. The molecule has 1 aliphatic heterocycles. The standard InChI is InChI=1S/C29H33N5O4/c1-33-26-11-10-21(19-24(26)32-29(33)31-23-7-3-4-9-28(23)36-2)38-22-12-13-30-25(20-22)27(35)8-5-6-14-34-15-17-37-18-16-34/h3-4,7,9-13,19-20H,5-6,8,14-18H2,1-2H3,(H,31,32). The first kappa shape index (κ1) is 25.7. The van der Waals surface area contributed by atoms with E-state index < -0.39 is 0 Å². The van der Waals surface area contributed by atoms with Crippen LogP contribution in [0.15, 0.2) is 60.8 Å². The number of ether oxygens (including phenoxy) is 3. The van der Waals surface area contributed by atoms with Crippen LogP contribution >= 0.6 is 0 Å². The Bertz CT molecular complexity index is 1400. The van der Waals surface area contributed by atoms with E-state index in [1.54, 1.807) is 25.4 Å². The minimum absolute atomic E-state index is 0.0321. The van der Waals surface area contributed by atoms with Gasteiger partial charge in [-0.25, -0.2) is 4.98 Å². The Balaban J connectivity index is 1.22. The van der Waals surface area contributed by atoms with Gasteiger partial charge in [-0.15, -0.1) is 0 Å². The highest BCUT2D eigenvalue weighted by Crippen LogP contribution is 2.30. The Morgan fingerprint density at radius 1 is 1.05 bits per heavy atom. The number of hydrogen-bond donors (Lipinski definition) is 1. The number of fused-ring (bicyclic) bond motifs is 1. The fourth-order valence-corrected chi connectivity index (χ4v) is 4.56. The summed E-state index contributed by atoms with van der Waals surface area (Å²) in [6.45, 7) is 4.53. The second-order valence-electron chi connectivity index (χ2n) is 9.28. The maximum atomic E-state index is 12.7. The molecule has 9 heteroatoms. The summed E-state index contributed by atoms with van der Waals surface area (Å²) < 4.78 is 18.9. The van der Waals surface area contributed by atoms with E-state index in [2.05, 4.69) is 15.2 Å². The van der Waals surface area contributed by atoms with Crippen LogP contribution in [0.25, 0.3) is 11.0 Å². The smallest absolute Gasteiger partial charge is 0.208 e. The van der Waals surface area contributed by atoms with Gasteiger partial charge in [0.05, 0.1) is 37.0 Å². The van der Waals surface area contributed by atoms with Crippen molar-refractivity contribution in [2.45, 2.75) is 19.3 Å². The molecule has 0 amide bonds. The number of nitrogens with one attached hydrogen (secondary N) is 1. The van der Waals surface area contributed by atoms with Gasteiger partial charge in [-0.1, -0.05) is 12.1 Å². The lowest BCUT2D eigenvalue weighted by Gasteiger charge is -2.26. The fourth-order valence-electron chi connectivity index (χ4n) is 4.56. The molecule has 0 aliphatic carbocycles. The highest BCUT2D eigenvalue weighted by atomic mass is 16.5. The minimum atomic E-state index is 0.0321. The maximum Gasteiger partial charge on any atom is 0.208 e. The predicted molar refractivity (Wildman–Crippen MR) is 147 cm³/mol. The van der Waals surface area contributed by atoms with Gasteiger partial charge in [-0.05, 0) is 49.7 Å². The first-order valence-corrected chi connectivity index (χ1v) is 12.9. The predicted octanol–water partition coefficient (Wildman–Crippen LogP) is 5.20. The number of imidazole rings is 1. The molecule has 0 bridgehead atoms. The molecule has 1 N–H and O–H groups in total. The lowest BCUT2D eigenvalue weighted by molar-refractivity contribution is 0.0371. The van der Waals surface area contributed by atoms with Gasteiger partial charge in [0.15, 0.2) is 5.78 Å². The molecule has 1 fully saturated rings. The molecule has 9 nitrogen and oxygen atoms in total. The second kappa shape index (κ2) is 12.1. The van der Waals surface area contributed by atoms with Crippen molar-refractivity contribution in [2.75, 3.05) is 45.3 Å². The van der Waals surface area contributed by atoms with Gasteiger partial charge in [-0.2, -0.15) is 0 Å². The second-order valence-corrected chi connectivity index (χ2v) is 9.28. The Morgan fingerprint density at radius 3 is 2.71 bits per heavy atom. The highest BCUT2D eigenvalue weighted by Gasteiger charge is 2.14. The molecule has 198 valence electrons. The SMILES string of the molecule is COc1ccccc1Nc1nc2cc(Oc3ccnc(C(=O)CCCCN4CCOCC4)c3)ccc2n1C. The van der Waals surface area contributed by atoms with Gasteiger partial charge in [0.2, 0.25) is 5.95 Å². The van der Waals surface area contributed by atoms with E-state index in [1.807, 2.05) is 54.1 Å². The van der Waals surface area contributed by atoms with Crippen LogP contribution in [0.5, 0.6) is 17.2 Å². The number of benzene rings is 2.